The van der Waals surface area contributed by atoms with Crippen LogP contribution in [0.4, 0.5) is 0 Å². The highest BCUT2D eigenvalue weighted by molar-refractivity contribution is 7.19. The van der Waals surface area contributed by atoms with Crippen LogP contribution < -0.4 is 11.2 Å². The van der Waals surface area contributed by atoms with Gasteiger partial charge in [0.1, 0.15) is 17.2 Å². The van der Waals surface area contributed by atoms with Crippen molar-refractivity contribution in [1.29, 1.82) is 0 Å². The van der Waals surface area contributed by atoms with E-state index in [4.69, 9.17) is 9.15 Å². The van der Waals surface area contributed by atoms with Gasteiger partial charge in [-0.3, -0.25) is 18.7 Å². The molecule has 3 heterocycles. The molecular weight excluding hydrogens is 522 g/mol. The van der Waals surface area contributed by atoms with Crippen LogP contribution in [0.15, 0.2) is 56.8 Å². The lowest BCUT2D eigenvalue weighted by molar-refractivity contribution is -0.141. The number of hydrogen-bond donors (Lipinski definition) is 2. The zero-order valence-electron chi connectivity index (χ0n) is 21.8. The number of ether oxygens (including phenoxy) is 1. The summed E-state index contributed by atoms with van der Waals surface area (Å²) >= 11 is 1.29. The topological polar surface area (TPSA) is 137 Å². The number of aliphatic hydroxyl groups excluding tert-OH is 1. The molecule has 3 aromatic heterocycles. The molecule has 206 valence electrons. The van der Waals surface area contributed by atoms with Crippen LogP contribution in [0.1, 0.15) is 49.2 Å². The molecule has 2 atom stereocenters. The number of aliphatic hydroxyl groups is 1. The summed E-state index contributed by atoms with van der Waals surface area (Å²) < 4.78 is 14.6. The van der Waals surface area contributed by atoms with E-state index in [9.17, 15) is 24.6 Å². The number of aromatic nitrogens is 3. The average molecular weight is 554 g/mol. The molecule has 1 aliphatic rings. The number of rotatable bonds is 9. The molecule has 2 N–H and O–H groups in total. The van der Waals surface area contributed by atoms with E-state index in [0.717, 1.165) is 15.0 Å². The van der Waals surface area contributed by atoms with Gasteiger partial charge in [-0.25, -0.2) is 9.78 Å². The van der Waals surface area contributed by atoms with Crippen molar-refractivity contribution in [2.24, 2.45) is 5.92 Å². The predicted molar refractivity (Wildman–Crippen MR) is 146 cm³/mol. The van der Waals surface area contributed by atoms with Crippen LogP contribution in [-0.4, -0.2) is 42.5 Å². The fraction of sp³-hybridized carbons (Fsp3) is 0.429. The standard InChI is InChI=1S/C28H31N3O7S/c1-16(27(34)35)14-30-25(33)23-22(24-29-12-13-37-24)17(2)39-26(23)31(28(30)36)15-21(18-6-4-3-5-7-18)38-20-10-8-19(32)9-11-20/h3-7,12-13,16,19-21,32H,8-11,14-15H2,1-2H3,(H,34,35)/t16?,19?,20?,21-/m0/s1. The molecule has 1 fully saturated rings. The summed E-state index contributed by atoms with van der Waals surface area (Å²) in [4.78, 5) is 44.7. The van der Waals surface area contributed by atoms with Crippen LogP contribution in [0.2, 0.25) is 0 Å². The van der Waals surface area contributed by atoms with E-state index in [1.807, 2.05) is 37.3 Å². The first-order chi connectivity index (χ1) is 18.7. The van der Waals surface area contributed by atoms with Crippen molar-refractivity contribution in [1.82, 2.24) is 14.1 Å². The van der Waals surface area contributed by atoms with Crippen LogP contribution in [0.3, 0.4) is 0 Å². The molecule has 0 amide bonds. The summed E-state index contributed by atoms with van der Waals surface area (Å²) in [7, 11) is 0. The number of carboxylic acids is 1. The van der Waals surface area contributed by atoms with E-state index in [-0.39, 0.29) is 36.6 Å². The zero-order chi connectivity index (χ0) is 27.7. The van der Waals surface area contributed by atoms with Gasteiger partial charge in [-0.1, -0.05) is 37.3 Å². The number of nitrogens with zero attached hydrogens (tertiary/aromatic N) is 3. The van der Waals surface area contributed by atoms with Crippen molar-refractivity contribution < 1.29 is 24.2 Å². The minimum atomic E-state index is -1.10. The van der Waals surface area contributed by atoms with Crippen molar-refractivity contribution in [2.75, 3.05) is 0 Å². The molecule has 0 spiro atoms. The number of carbonyl (C=O) groups is 1. The molecule has 0 bridgehead atoms. The Hall–Kier alpha value is -3.54. The number of carboxylic acid groups (broad SMARTS) is 1. The number of benzene rings is 1. The fourth-order valence-electron chi connectivity index (χ4n) is 5.13. The van der Waals surface area contributed by atoms with Gasteiger partial charge >= 0.3 is 11.7 Å². The summed E-state index contributed by atoms with van der Waals surface area (Å²) in [5.74, 6) is -1.80. The summed E-state index contributed by atoms with van der Waals surface area (Å²) in [6, 6.07) is 9.58. The molecule has 0 radical (unpaired) electrons. The largest absolute Gasteiger partial charge is 0.481 e. The molecule has 39 heavy (non-hydrogen) atoms. The third kappa shape index (κ3) is 5.47. The zero-order valence-corrected chi connectivity index (χ0v) is 22.6. The number of aryl methyl sites for hydroxylation is 1. The first-order valence-corrected chi connectivity index (χ1v) is 13.8. The molecule has 1 aliphatic carbocycles. The lowest BCUT2D eigenvalue weighted by Crippen LogP contribution is -2.42. The van der Waals surface area contributed by atoms with Gasteiger partial charge < -0.3 is 19.4 Å². The molecule has 4 aromatic rings. The fourth-order valence-corrected chi connectivity index (χ4v) is 6.26. The summed E-state index contributed by atoms with van der Waals surface area (Å²) in [6.07, 6.45) is 4.69. The van der Waals surface area contributed by atoms with Crippen LogP contribution in [0.5, 0.6) is 0 Å². The quantitative estimate of drug-likeness (QED) is 0.318. The van der Waals surface area contributed by atoms with Crippen LogP contribution >= 0.6 is 11.3 Å². The van der Waals surface area contributed by atoms with Gasteiger partial charge in [0.25, 0.3) is 5.56 Å². The Morgan fingerprint density at radius 2 is 1.87 bits per heavy atom. The Morgan fingerprint density at radius 1 is 1.15 bits per heavy atom. The smallest absolute Gasteiger partial charge is 0.332 e. The van der Waals surface area contributed by atoms with Crippen molar-refractivity contribution in [2.45, 2.75) is 70.9 Å². The Balaban J connectivity index is 1.67. The minimum absolute atomic E-state index is 0.0873. The van der Waals surface area contributed by atoms with Gasteiger partial charge in [-0.15, -0.1) is 11.3 Å². The molecular formula is C28H31N3O7S. The Labute approximate surface area is 228 Å². The molecule has 0 saturated heterocycles. The van der Waals surface area contributed by atoms with Gasteiger partial charge in [-0.05, 0) is 38.2 Å². The van der Waals surface area contributed by atoms with E-state index in [0.29, 0.717) is 36.1 Å². The first kappa shape index (κ1) is 27.0. The number of oxazole rings is 1. The van der Waals surface area contributed by atoms with E-state index in [1.54, 1.807) is 0 Å². The summed E-state index contributed by atoms with van der Waals surface area (Å²) in [5.41, 5.74) is 0.204. The predicted octanol–water partition coefficient (Wildman–Crippen LogP) is 3.97. The van der Waals surface area contributed by atoms with Crippen LogP contribution in [0, 0.1) is 12.8 Å². The maximum Gasteiger partial charge on any atom is 0.332 e. The van der Waals surface area contributed by atoms with Crippen molar-refractivity contribution >= 4 is 27.5 Å². The second kappa shape index (κ2) is 11.3. The van der Waals surface area contributed by atoms with Gasteiger partial charge in [0.15, 0.2) is 0 Å². The van der Waals surface area contributed by atoms with Crippen molar-refractivity contribution in [3.05, 3.63) is 74.1 Å². The Kier molecular flexibility index (Phi) is 7.83. The highest BCUT2D eigenvalue weighted by Gasteiger charge is 2.29. The monoisotopic (exact) mass is 553 g/mol. The minimum Gasteiger partial charge on any atom is -0.481 e. The van der Waals surface area contributed by atoms with Crippen molar-refractivity contribution in [3.8, 4) is 11.5 Å². The molecule has 0 aliphatic heterocycles. The summed E-state index contributed by atoms with van der Waals surface area (Å²) in [5, 5.41) is 19.8. The third-order valence-electron chi connectivity index (χ3n) is 7.28. The van der Waals surface area contributed by atoms with Crippen LogP contribution in [0.25, 0.3) is 21.7 Å². The average Bonchev–Trinajstić information content (AvgIpc) is 3.57. The lowest BCUT2D eigenvalue weighted by Gasteiger charge is -2.30. The molecule has 11 heteroatoms. The molecule has 10 nitrogen and oxygen atoms in total. The molecule has 1 aromatic carbocycles. The number of aliphatic carboxylic acids is 1. The Morgan fingerprint density at radius 3 is 2.51 bits per heavy atom. The normalized spacial score (nSPS) is 19.3. The van der Waals surface area contributed by atoms with E-state index in [2.05, 4.69) is 4.98 Å². The molecule has 5 rings (SSSR count). The molecule has 1 saturated carbocycles. The Bertz CT molecular complexity index is 1560. The lowest BCUT2D eigenvalue weighted by atomic mass is 9.95. The van der Waals surface area contributed by atoms with Gasteiger partial charge in [0.2, 0.25) is 5.89 Å². The van der Waals surface area contributed by atoms with Crippen LogP contribution in [-0.2, 0) is 22.6 Å². The maximum atomic E-state index is 13.9. The molecule has 1 unspecified atom stereocenters. The second-order valence-corrected chi connectivity index (χ2v) is 11.3. The highest BCUT2D eigenvalue weighted by atomic mass is 32.1. The maximum absolute atomic E-state index is 13.9. The van der Waals surface area contributed by atoms with Crippen molar-refractivity contribution in [3.63, 3.8) is 0 Å². The van der Waals surface area contributed by atoms with E-state index >= 15 is 0 Å². The first-order valence-electron chi connectivity index (χ1n) is 13.0. The highest BCUT2D eigenvalue weighted by Crippen LogP contribution is 2.36. The number of fused-ring (bicyclic) bond motifs is 1. The second-order valence-electron chi connectivity index (χ2n) is 10.1. The van der Waals surface area contributed by atoms with Gasteiger partial charge in [0, 0.05) is 11.4 Å². The number of hydrogen-bond acceptors (Lipinski definition) is 8. The third-order valence-corrected chi connectivity index (χ3v) is 8.40. The van der Waals surface area contributed by atoms with Gasteiger partial charge in [0.05, 0.1) is 41.8 Å². The van der Waals surface area contributed by atoms with E-state index < -0.39 is 29.2 Å². The number of thiophene rings is 1. The SMILES string of the molecule is Cc1sc2c(c1-c1ncco1)c(=O)n(CC(C)C(=O)O)c(=O)n2C[C@H](OC1CCC(O)CC1)c1ccccc1. The van der Waals surface area contributed by atoms with Gasteiger partial charge in [-0.2, -0.15) is 0 Å². The summed E-state index contributed by atoms with van der Waals surface area (Å²) in [6.45, 7) is 3.14. The van der Waals surface area contributed by atoms with E-state index in [1.165, 1.54) is 35.3 Å².